The van der Waals surface area contributed by atoms with Crippen molar-refractivity contribution in [1.29, 1.82) is 0 Å². The maximum absolute atomic E-state index is 13.8. The number of thiophene rings is 1. The minimum absolute atomic E-state index is 0. The molecule has 3 aromatic heterocycles. The zero-order valence-electron chi connectivity index (χ0n) is 33.7. The molecule has 257 valence electrons. The normalized spacial score (nSPS) is 13.1. The van der Waals surface area contributed by atoms with Crippen molar-refractivity contribution in [3.05, 3.63) is 137 Å². The maximum atomic E-state index is 13.8. The van der Waals surface area contributed by atoms with Crippen molar-refractivity contribution in [2.45, 2.75) is 67.0 Å². The van der Waals surface area contributed by atoms with Gasteiger partial charge in [-0.2, -0.15) is 11.3 Å². The molecule has 0 amide bonds. The first-order valence-electron chi connectivity index (χ1n) is 18.4. The molecular weight excluding hydrogens is 828 g/mol. The standard InChI is InChI=1S/C26H19FNS.C18H24NSi.Ir/c1-15-11-16(2)25(17(3)12-15)18-9-10-28-23(13-18)21-6-4-5-20-22-14-19(27)7-8-24(22)29-26(20)21;1-13(2)16-11-17(15-9-7-14(3)8-10-15)19-12-18(16)20(4,5)6;/h4-5,7-14H,1-3H3;7-9,11-13H,1-6H3;/q2*-1;/i;3D3,13D;. The summed E-state index contributed by atoms with van der Waals surface area (Å²) in [4.78, 5) is 9.21. The predicted octanol–water partition coefficient (Wildman–Crippen LogP) is 12.2. The molecule has 0 unspecified atom stereocenters. The maximum Gasteiger partial charge on any atom is 0.123 e. The van der Waals surface area contributed by atoms with Crippen molar-refractivity contribution in [2.24, 2.45) is 0 Å². The van der Waals surface area contributed by atoms with Crippen LogP contribution in [0, 0.1) is 45.6 Å². The van der Waals surface area contributed by atoms with Gasteiger partial charge in [0.2, 0.25) is 0 Å². The third-order valence-corrected chi connectivity index (χ3v) is 11.9. The average molecular weight is 875 g/mol. The molecule has 0 aliphatic rings. The zero-order chi connectivity index (χ0) is 38.5. The van der Waals surface area contributed by atoms with Crippen LogP contribution in [-0.2, 0) is 20.1 Å². The van der Waals surface area contributed by atoms with Crippen LogP contribution < -0.4 is 5.19 Å². The average Bonchev–Trinajstić information content (AvgIpc) is 3.45. The van der Waals surface area contributed by atoms with Gasteiger partial charge in [-0.3, -0.25) is 0 Å². The number of aryl methyl sites for hydroxylation is 4. The molecule has 0 spiro atoms. The first-order valence-corrected chi connectivity index (χ1v) is 20.7. The molecule has 0 atom stereocenters. The fraction of sp³-hybridized carbons (Fsp3) is 0.227. The summed E-state index contributed by atoms with van der Waals surface area (Å²) >= 11 is 1.66. The Morgan fingerprint density at radius 3 is 2.26 bits per heavy atom. The summed E-state index contributed by atoms with van der Waals surface area (Å²) in [5, 5.41) is 3.18. The fourth-order valence-corrected chi connectivity index (χ4v) is 9.23. The number of benzene rings is 4. The van der Waals surface area contributed by atoms with Crippen LogP contribution in [-0.4, -0.2) is 18.0 Å². The van der Waals surface area contributed by atoms with Crippen LogP contribution >= 0.6 is 11.3 Å². The third-order valence-electron chi connectivity index (χ3n) is 8.71. The molecule has 0 N–H and O–H groups in total. The minimum atomic E-state index is -2.13. The van der Waals surface area contributed by atoms with Gasteiger partial charge < -0.3 is 9.97 Å². The van der Waals surface area contributed by atoms with E-state index in [9.17, 15) is 4.39 Å². The number of rotatable bonds is 5. The van der Waals surface area contributed by atoms with Gasteiger partial charge in [0.05, 0.1) is 8.07 Å². The number of aromatic nitrogens is 2. The van der Waals surface area contributed by atoms with Crippen molar-refractivity contribution in [3.63, 3.8) is 0 Å². The Morgan fingerprint density at radius 2 is 1.60 bits per heavy atom. The second kappa shape index (κ2) is 15.2. The molecule has 4 aromatic carbocycles. The molecule has 0 aliphatic heterocycles. The van der Waals surface area contributed by atoms with Gasteiger partial charge in [-0.25, -0.2) is 4.39 Å². The summed E-state index contributed by atoms with van der Waals surface area (Å²) in [6, 6.07) is 30.7. The summed E-state index contributed by atoms with van der Waals surface area (Å²) in [5.41, 5.74) is 10.8. The smallest absolute Gasteiger partial charge is 0.123 e. The monoisotopic (exact) mass is 875 g/mol. The summed E-state index contributed by atoms with van der Waals surface area (Å²) in [5.74, 6) is -0.927. The molecule has 6 heteroatoms. The molecule has 7 aromatic rings. The van der Waals surface area contributed by atoms with Crippen LogP contribution in [0.1, 0.15) is 53.0 Å². The topological polar surface area (TPSA) is 25.8 Å². The van der Waals surface area contributed by atoms with E-state index in [2.05, 4.69) is 86.8 Å². The van der Waals surface area contributed by atoms with Gasteiger partial charge in [0.15, 0.2) is 0 Å². The van der Waals surface area contributed by atoms with Gasteiger partial charge in [-0.15, -0.1) is 59.2 Å². The molecule has 3 heterocycles. The Kier molecular flexibility index (Phi) is 9.77. The summed E-state index contributed by atoms with van der Waals surface area (Å²) < 4.78 is 46.8. The Hall–Kier alpha value is -3.80. The SMILES string of the molecule is Cc1cc(C)c(-c2ccnc(-c3[c-]ccc4c3sc3ccc(F)cc34)c2)c(C)c1.[2H]C([2H])([2H])c1c[c-]c(-c2cc(C([2H])(C)C)c([Si](C)(C)C)cn2)cc1.[Ir]. The number of hydrogen-bond acceptors (Lipinski definition) is 3. The molecule has 50 heavy (non-hydrogen) atoms. The van der Waals surface area contributed by atoms with E-state index < -0.39 is 20.8 Å². The van der Waals surface area contributed by atoms with Gasteiger partial charge in [-0.1, -0.05) is 81.1 Å². The fourth-order valence-electron chi connectivity index (χ4n) is 6.46. The number of halogens is 1. The molecule has 0 saturated heterocycles. The van der Waals surface area contributed by atoms with Crippen LogP contribution in [0.25, 0.3) is 53.8 Å². The van der Waals surface area contributed by atoms with Crippen molar-refractivity contribution in [3.8, 4) is 33.6 Å². The molecule has 0 aliphatic carbocycles. The van der Waals surface area contributed by atoms with E-state index >= 15 is 0 Å². The molecule has 1 radical (unpaired) electrons. The van der Waals surface area contributed by atoms with Crippen LogP contribution in [0.2, 0.25) is 19.6 Å². The van der Waals surface area contributed by atoms with Gasteiger partial charge in [0.25, 0.3) is 0 Å². The molecule has 2 nitrogen and oxygen atoms in total. The molecule has 7 rings (SSSR count). The van der Waals surface area contributed by atoms with Gasteiger partial charge in [0, 0.05) is 42.7 Å². The van der Waals surface area contributed by atoms with Crippen LogP contribution in [0.4, 0.5) is 4.39 Å². The number of pyridine rings is 2. The Morgan fingerprint density at radius 1 is 0.840 bits per heavy atom. The summed E-state index contributed by atoms with van der Waals surface area (Å²) in [7, 11) is -1.61. The summed E-state index contributed by atoms with van der Waals surface area (Å²) in [6.07, 6.45) is 3.75. The number of nitrogens with zero attached hydrogens (tertiary/aromatic N) is 2. The minimum Gasteiger partial charge on any atom is -0.305 e. The van der Waals surface area contributed by atoms with Crippen molar-refractivity contribution in [1.82, 2.24) is 9.97 Å². The number of fused-ring (bicyclic) bond motifs is 3. The van der Waals surface area contributed by atoms with E-state index in [0.29, 0.717) is 0 Å². The Bertz CT molecular complexity index is 2440. The Balaban J connectivity index is 0.000000208. The van der Waals surface area contributed by atoms with Gasteiger partial charge >= 0.3 is 0 Å². The number of hydrogen-bond donors (Lipinski definition) is 0. The van der Waals surface area contributed by atoms with E-state index in [1.165, 1.54) is 39.6 Å². The van der Waals surface area contributed by atoms with E-state index in [0.717, 1.165) is 53.8 Å². The van der Waals surface area contributed by atoms with E-state index in [1.807, 2.05) is 50.5 Å². The van der Waals surface area contributed by atoms with Crippen LogP contribution in [0.15, 0.2) is 91.3 Å². The van der Waals surface area contributed by atoms with Gasteiger partial charge in [-0.05, 0) is 99.8 Å². The molecule has 0 saturated carbocycles. The first kappa shape index (κ1) is 32.1. The largest absolute Gasteiger partial charge is 0.305 e. The Labute approximate surface area is 320 Å². The second-order valence-corrected chi connectivity index (χ2v) is 20.0. The van der Waals surface area contributed by atoms with E-state index in [1.54, 1.807) is 29.5 Å². The van der Waals surface area contributed by atoms with Crippen LogP contribution in [0.3, 0.4) is 0 Å². The van der Waals surface area contributed by atoms with Crippen LogP contribution in [0.5, 0.6) is 0 Å². The molecule has 0 fully saturated rings. The zero-order valence-corrected chi connectivity index (χ0v) is 33.9. The quantitative estimate of drug-likeness (QED) is 0.127. The van der Waals surface area contributed by atoms with Gasteiger partial charge in [0.1, 0.15) is 5.82 Å². The first-order chi connectivity index (χ1) is 24.8. The van der Waals surface area contributed by atoms with Crippen molar-refractivity contribution < 1.29 is 30.0 Å². The molecule has 0 bridgehead atoms. The van der Waals surface area contributed by atoms with Crippen molar-refractivity contribution in [2.75, 3.05) is 0 Å². The second-order valence-electron chi connectivity index (χ2n) is 13.9. The third kappa shape index (κ3) is 7.90. The predicted molar refractivity (Wildman–Crippen MR) is 211 cm³/mol. The van der Waals surface area contributed by atoms with E-state index in [4.69, 9.17) is 5.48 Å². The van der Waals surface area contributed by atoms with E-state index in [-0.39, 0.29) is 31.5 Å². The van der Waals surface area contributed by atoms with Crippen molar-refractivity contribution >= 4 is 44.8 Å². The molecular formula is C44H43FIrN2SSi-2. The summed E-state index contributed by atoms with van der Waals surface area (Å²) in [6.45, 7) is 14.8.